The van der Waals surface area contributed by atoms with Crippen LogP contribution >= 0.6 is 11.3 Å². The molecule has 0 bridgehead atoms. The number of anilines is 2. The molecule has 0 aliphatic carbocycles. The Labute approximate surface area is 126 Å². The Balaban J connectivity index is 1.60. The van der Waals surface area contributed by atoms with Gasteiger partial charge in [-0.25, -0.2) is 4.79 Å². The molecule has 2 aromatic heterocycles. The molecule has 3 rings (SSSR count). The van der Waals surface area contributed by atoms with E-state index in [1.54, 1.807) is 22.4 Å². The van der Waals surface area contributed by atoms with Crippen molar-refractivity contribution in [2.24, 2.45) is 0 Å². The summed E-state index contributed by atoms with van der Waals surface area (Å²) in [5.41, 5.74) is 8.16. The number of carbonyl (C=O) groups excluding carboxylic acids is 1. The van der Waals surface area contributed by atoms with Gasteiger partial charge >= 0.3 is 6.09 Å². The lowest BCUT2D eigenvalue weighted by Gasteiger charge is -2.25. The Morgan fingerprint density at radius 3 is 3.05 bits per heavy atom. The number of nitrogens with zero attached hydrogens (tertiary/aromatic N) is 2. The zero-order valence-corrected chi connectivity index (χ0v) is 12.5. The van der Waals surface area contributed by atoms with Crippen LogP contribution in [0.1, 0.15) is 19.3 Å². The van der Waals surface area contributed by atoms with Gasteiger partial charge in [-0.3, -0.25) is 4.98 Å². The molecule has 7 heteroatoms. The molecule has 0 atom stereocenters. The number of aromatic nitrogens is 1. The molecule has 0 aromatic carbocycles. The summed E-state index contributed by atoms with van der Waals surface area (Å²) < 4.78 is 6.25. The first-order valence-corrected chi connectivity index (χ1v) is 7.91. The molecule has 1 aliphatic heterocycles. The summed E-state index contributed by atoms with van der Waals surface area (Å²) in [6.07, 6.45) is 4.64. The first kappa shape index (κ1) is 13.9. The lowest BCUT2D eigenvalue weighted by Crippen LogP contribution is -2.36. The number of hydrogen-bond acceptors (Lipinski definition) is 6. The number of piperidine rings is 1. The number of nitrogen functional groups attached to an aromatic ring is 1. The average Bonchev–Trinajstić information content (AvgIpc) is 2.99. The monoisotopic (exact) mass is 306 g/mol. The number of rotatable bonds is 3. The number of nitrogens with one attached hydrogen (secondary N) is 1. The number of nitrogens with two attached hydrogens (primary N) is 1. The van der Waals surface area contributed by atoms with Crippen molar-refractivity contribution in [3.8, 4) is 0 Å². The third-order valence-corrected chi connectivity index (χ3v) is 4.48. The SMILES string of the molecule is Nc1cnc2ccsc2c1NCOC(=O)N1CCCCC1. The Bertz CT molecular complexity index is 637. The van der Waals surface area contributed by atoms with Crippen molar-refractivity contribution in [2.45, 2.75) is 19.3 Å². The molecule has 1 aliphatic rings. The van der Waals surface area contributed by atoms with Crippen molar-refractivity contribution in [2.75, 3.05) is 30.9 Å². The standard InChI is InChI=1S/C14H18N4O2S/c15-10-8-16-11-4-7-21-13(11)12(10)17-9-20-14(19)18-5-2-1-3-6-18/h4,7-8H,1-3,5-6,9,15H2,(H,16,17). The Morgan fingerprint density at radius 1 is 1.43 bits per heavy atom. The van der Waals surface area contributed by atoms with Gasteiger partial charge in [-0.15, -0.1) is 11.3 Å². The fourth-order valence-corrected chi connectivity index (χ4v) is 3.33. The van der Waals surface area contributed by atoms with E-state index < -0.39 is 0 Å². The van der Waals surface area contributed by atoms with E-state index in [1.165, 1.54) is 6.42 Å². The van der Waals surface area contributed by atoms with Crippen LogP contribution in [-0.2, 0) is 4.74 Å². The smallest absolute Gasteiger partial charge is 0.411 e. The van der Waals surface area contributed by atoms with Crippen LogP contribution in [0.15, 0.2) is 17.6 Å². The van der Waals surface area contributed by atoms with Crippen LogP contribution in [0.5, 0.6) is 0 Å². The van der Waals surface area contributed by atoms with Crippen molar-refractivity contribution < 1.29 is 9.53 Å². The zero-order valence-electron chi connectivity index (χ0n) is 11.7. The van der Waals surface area contributed by atoms with E-state index in [0.717, 1.165) is 41.8 Å². The van der Waals surface area contributed by atoms with E-state index in [1.807, 2.05) is 11.4 Å². The molecule has 1 fully saturated rings. The van der Waals surface area contributed by atoms with Gasteiger partial charge in [0.15, 0.2) is 6.73 Å². The summed E-state index contributed by atoms with van der Waals surface area (Å²) in [5, 5.41) is 5.05. The molecule has 0 radical (unpaired) electrons. The van der Waals surface area contributed by atoms with Crippen molar-refractivity contribution >= 4 is 39.0 Å². The highest BCUT2D eigenvalue weighted by molar-refractivity contribution is 7.17. The summed E-state index contributed by atoms with van der Waals surface area (Å²) in [6.45, 7) is 1.67. The lowest BCUT2D eigenvalue weighted by molar-refractivity contribution is 0.101. The molecular weight excluding hydrogens is 288 g/mol. The fourth-order valence-electron chi connectivity index (χ4n) is 2.45. The number of hydrogen-bond donors (Lipinski definition) is 2. The maximum absolute atomic E-state index is 11.9. The minimum Gasteiger partial charge on any atom is -0.428 e. The number of ether oxygens (including phenoxy) is 1. The summed E-state index contributed by atoms with van der Waals surface area (Å²) in [4.78, 5) is 17.9. The summed E-state index contributed by atoms with van der Waals surface area (Å²) in [7, 11) is 0. The molecule has 0 saturated carbocycles. The number of pyridine rings is 1. The van der Waals surface area contributed by atoms with Crippen LogP contribution in [0, 0.1) is 0 Å². The number of amides is 1. The van der Waals surface area contributed by atoms with Gasteiger partial charge in [0.2, 0.25) is 0 Å². The molecule has 2 aromatic rings. The number of carbonyl (C=O) groups is 1. The second kappa shape index (κ2) is 6.17. The maximum Gasteiger partial charge on any atom is 0.411 e. The van der Waals surface area contributed by atoms with Crippen LogP contribution < -0.4 is 11.1 Å². The van der Waals surface area contributed by atoms with E-state index in [9.17, 15) is 4.79 Å². The molecule has 1 saturated heterocycles. The average molecular weight is 306 g/mol. The largest absolute Gasteiger partial charge is 0.428 e. The normalized spacial score (nSPS) is 15.1. The minimum atomic E-state index is -0.266. The zero-order chi connectivity index (χ0) is 14.7. The third-order valence-electron chi connectivity index (χ3n) is 3.56. The van der Waals surface area contributed by atoms with Gasteiger partial charge in [0.25, 0.3) is 0 Å². The third kappa shape index (κ3) is 3.02. The van der Waals surface area contributed by atoms with E-state index >= 15 is 0 Å². The first-order valence-electron chi connectivity index (χ1n) is 7.03. The van der Waals surface area contributed by atoms with Gasteiger partial charge in [0, 0.05) is 13.1 Å². The second-order valence-electron chi connectivity index (χ2n) is 5.00. The van der Waals surface area contributed by atoms with E-state index in [0.29, 0.717) is 5.69 Å². The number of fused-ring (bicyclic) bond motifs is 1. The van der Waals surface area contributed by atoms with Crippen LogP contribution in [0.2, 0.25) is 0 Å². The molecular formula is C14H18N4O2S. The quantitative estimate of drug-likeness (QED) is 0.852. The van der Waals surface area contributed by atoms with Gasteiger partial charge < -0.3 is 20.7 Å². The van der Waals surface area contributed by atoms with Gasteiger partial charge in [0.05, 0.1) is 27.8 Å². The highest BCUT2D eigenvalue weighted by atomic mass is 32.1. The lowest BCUT2D eigenvalue weighted by atomic mass is 10.1. The molecule has 0 unspecified atom stereocenters. The number of thiophene rings is 1. The summed E-state index contributed by atoms with van der Waals surface area (Å²) in [5.74, 6) is 0. The predicted molar refractivity (Wildman–Crippen MR) is 84.4 cm³/mol. The van der Waals surface area contributed by atoms with Gasteiger partial charge in [-0.1, -0.05) is 0 Å². The minimum absolute atomic E-state index is 0.108. The van der Waals surface area contributed by atoms with Crippen LogP contribution in [-0.4, -0.2) is 35.8 Å². The first-order chi connectivity index (χ1) is 10.3. The van der Waals surface area contributed by atoms with E-state index in [4.69, 9.17) is 10.5 Å². The molecule has 6 nitrogen and oxygen atoms in total. The molecule has 3 N–H and O–H groups in total. The van der Waals surface area contributed by atoms with Crippen LogP contribution in [0.25, 0.3) is 10.2 Å². The molecule has 112 valence electrons. The molecule has 3 heterocycles. The molecule has 1 amide bonds. The van der Waals surface area contributed by atoms with Crippen LogP contribution in [0.3, 0.4) is 0 Å². The van der Waals surface area contributed by atoms with Crippen molar-refractivity contribution in [1.82, 2.24) is 9.88 Å². The maximum atomic E-state index is 11.9. The number of likely N-dealkylation sites (tertiary alicyclic amines) is 1. The van der Waals surface area contributed by atoms with Gasteiger partial charge in [0.1, 0.15) is 0 Å². The highest BCUT2D eigenvalue weighted by Gasteiger charge is 2.17. The van der Waals surface area contributed by atoms with E-state index in [2.05, 4.69) is 10.3 Å². The second-order valence-corrected chi connectivity index (χ2v) is 5.92. The predicted octanol–water partition coefficient (Wildman–Crippen LogP) is 2.87. The van der Waals surface area contributed by atoms with Crippen molar-refractivity contribution in [3.05, 3.63) is 17.6 Å². The van der Waals surface area contributed by atoms with Gasteiger partial charge in [-0.05, 0) is 30.7 Å². The molecule has 21 heavy (non-hydrogen) atoms. The van der Waals surface area contributed by atoms with Crippen molar-refractivity contribution in [3.63, 3.8) is 0 Å². The highest BCUT2D eigenvalue weighted by Crippen LogP contribution is 2.31. The molecule has 0 spiro atoms. The fraction of sp³-hybridized carbons (Fsp3) is 0.429. The Hall–Kier alpha value is -2.02. The topological polar surface area (TPSA) is 80.5 Å². The summed E-state index contributed by atoms with van der Waals surface area (Å²) in [6, 6.07) is 1.93. The van der Waals surface area contributed by atoms with E-state index in [-0.39, 0.29) is 12.8 Å². The summed E-state index contributed by atoms with van der Waals surface area (Å²) >= 11 is 1.56. The Kier molecular flexibility index (Phi) is 4.10. The Morgan fingerprint density at radius 2 is 2.24 bits per heavy atom. The van der Waals surface area contributed by atoms with Crippen LogP contribution in [0.4, 0.5) is 16.2 Å². The van der Waals surface area contributed by atoms with Crippen molar-refractivity contribution in [1.29, 1.82) is 0 Å². The van der Waals surface area contributed by atoms with Gasteiger partial charge in [-0.2, -0.15) is 0 Å².